The molecule has 2 heterocycles. The van der Waals surface area contributed by atoms with Crippen LogP contribution in [0.15, 0.2) is 53.4 Å². The Morgan fingerprint density at radius 1 is 1.03 bits per heavy atom. The molecule has 1 unspecified atom stereocenters. The number of carbonyl (C=O) groups is 2. The molecule has 2 aliphatic rings. The molecule has 9 nitrogen and oxygen atoms in total. The number of aliphatic carboxylic acids is 1. The monoisotopic (exact) mass is 459 g/mol. The molecular weight excluding hydrogens is 434 g/mol. The van der Waals surface area contributed by atoms with Crippen LogP contribution in [0.2, 0.25) is 0 Å². The summed E-state index contributed by atoms with van der Waals surface area (Å²) in [6, 6.07) is 13.7. The molecule has 2 aromatic carbocycles. The van der Waals surface area contributed by atoms with Crippen molar-refractivity contribution >= 4 is 33.3 Å². The standard InChI is InChI=1S/C22H25N3O6S/c1-31-20-5-3-2-4-19(20)23-10-12-24(13-11-23)32(29,30)18-8-6-17(7-9-18)25-15-16(22(27)28)14-21(25)26/h2-9,16H,10-15H2,1H3,(H,27,28). The molecule has 170 valence electrons. The van der Waals surface area contributed by atoms with Crippen LogP contribution in [0.1, 0.15) is 6.42 Å². The lowest BCUT2D eigenvalue weighted by Crippen LogP contribution is -2.48. The number of sulfonamides is 1. The zero-order valence-corrected chi connectivity index (χ0v) is 18.5. The minimum atomic E-state index is -3.68. The number of carboxylic acid groups (broad SMARTS) is 1. The molecule has 0 saturated carbocycles. The van der Waals surface area contributed by atoms with Crippen molar-refractivity contribution in [1.82, 2.24) is 4.31 Å². The van der Waals surface area contributed by atoms with Gasteiger partial charge in [0.05, 0.1) is 23.6 Å². The first kappa shape index (κ1) is 22.1. The first-order valence-electron chi connectivity index (χ1n) is 10.3. The first-order valence-corrected chi connectivity index (χ1v) is 11.8. The second-order valence-corrected chi connectivity index (χ2v) is 9.74. The number of para-hydroxylation sites is 2. The van der Waals surface area contributed by atoms with Gasteiger partial charge in [0, 0.05) is 44.8 Å². The average molecular weight is 460 g/mol. The van der Waals surface area contributed by atoms with E-state index >= 15 is 0 Å². The van der Waals surface area contributed by atoms with Gasteiger partial charge in [-0.1, -0.05) is 12.1 Å². The maximum Gasteiger partial charge on any atom is 0.308 e. The lowest BCUT2D eigenvalue weighted by atomic mass is 10.1. The van der Waals surface area contributed by atoms with Crippen LogP contribution < -0.4 is 14.5 Å². The van der Waals surface area contributed by atoms with Gasteiger partial charge in [0.25, 0.3) is 0 Å². The van der Waals surface area contributed by atoms with Gasteiger partial charge in [-0.3, -0.25) is 9.59 Å². The summed E-state index contributed by atoms with van der Waals surface area (Å²) in [7, 11) is -2.07. The van der Waals surface area contributed by atoms with E-state index in [4.69, 9.17) is 9.84 Å². The number of carbonyl (C=O) groups excluding carboxylic acids is 1. The summed E-state index contributed by atoms with van der Waals surface area (Å²) >= 11 is 0. The quantitative estimate of drug-likeness (QED) is 0.700. The van der Waals surface area contributed by atoms with Crippen LogP contribution in [-0.4, -0.2) is 69.5 Å². The van der Waals surface area contributed by atoms with Crippen LogP contribution in [-0.2, 0) is 19.6 Å². The fourth-order valence-corrected chi connectivity index (χ4v) is 5.55. The minimum absolute atomic E-state index is 0.0497. The summed E-state index contributed by atoms with van der Waals surface area (Å²) in [4.78, 5) is 26.9. The van der Waals surface area contributed by atoms with Crippen molar-refractivity contribution in [2.24, 2.45) is 5.92 Å². The second-order valence-electron chi connectivity index (χ2n) is 7.80. The van der Waals surface area contributed by atoms with Crippen LogP contribution in [0.4, 0.5) is 11.4 Å². The van der Waals surface area contributed by atoms with Gasteiger partial charge in [-0.05, 0) is 36.4 Å². The zero-order chi connectivity index (χ0) is 22.9. The summed E-state index contributed by atoms with van der Waals surface area (Å²) in [5.41, 5.74) is 1.44. The highest BCUT2D eigenvalue weighted by molar-refractivity contribution is 7.89. The summed E-state index contributed by atoms with van der Waals surface area (Å²) in [5, 5.41) is 9.14. The Balaban J connectivity index is 1.44. The number of rotatable bonds is 6. The van der Waals surface area contributed by atoms with Crippen molar-refractivity contribution in [3.8, 4) is 5.75 Å². The van der Waals surface area contributed by atoms with Crippen LogP contribution in [0.25, 0.3) is 0 Å². The Labute approximate surface area is 186 Å². The molecule has 4 rings (SSSR count). The molecule has 2 aromatic rings. The first-order chi connectivity index (χ1) is 15.3. The van der Waals surface area contributed by atoms with Crippen molar-refractivity contribution in [3.63, 3.8) is 0 Å². The van der Waals surface area contributed by atoms with Crippen molar-refractivity contribution < 1.29 is 27.9 Å². The lowest BCUT2D eigenvalue weighted by Gasteiger charge is -2.36. The van der Waals surface area contributed by atoms with E-state index in [0.29, 0.717) is 31.9 Å². The number of nitrogens with zero attached hydrogens (tertiary/aromatic N) is 3. The smallest absolute Gasteiger partial charge is 0.308 e. The van der Waals surface area contributed by atoms with Crippen LogP contribution in [0.5, 0.6) is 5.75 Å². The minimum Gasteiger partial charge on any atom is -0.495 e. The number of ether oxygens (including phenoxy) is 1. The summed E-state index contributed by atoms with van der Waals surface area (Å²) in [6.07, 6.45) is -0.0497. The summed E-state index contributed by atoms with van der Waals surface area (Å²) in [6.45, 7) is 1.85. The number of anilines is 2. The zero-order valence-electron chi connectivity index (χ0n) is 17.7. The van der Waals surface area contributed by atoms with Gasteiger partial charge in [0.1, 0.15) is 5.75 Å². The van der Waals surface area contributed by atoms with Crippen LogP contribution in [0.3, 0.4) is 0 Å². The fraction of sp³-hybridized carbons (Fsp3) is 0.364. The van der Waals surface area contributed by atoms with Gasteiger partial charge < -0.3 is 19.6 Å². The third-order valence-corrected chi connectivity index (χ3v) is 7.84. The Hall–Kier alpha value is -3.11. The molecule has 32 heavy (non-hydrogen) atoms. The molecule has 0 spiro atoms. The van der Waals surface area contributed by atoms with Crippen molar-refractivity contribution in [2.75, 3.05) is 49.6 Å². The number of methoxy groups -OCH3 is 1. The summed E-state index contributed by atoms with van der Waals surface area (Å²) in [5.74, 6) is -1.28. The Morgan fingerprint density at radius 3 is 2.28 bits per heavy atom. The SMILES string of the molecule is COc1ccccc1N1CCN(S(=O)(=O)c2ccc(N3CC(C(=O)O)CC3=O)cc2)CC1. The maximum atomic E-state index is 13.1. The molecule has 1 amide bonds. The molecular formula is C22H25N3O6S. The van der Waals surface area contributed by atoms with Gasteiger partial charge in [-0.25, -0.2) is 8.42 Å². The number of hydrogen-bond donors (Lipinski definition) is 1. The molecule has 0 bridgehead atoms. The molecule has 1 N–H and O–H groups in total. The highest BCUT2D eigenvalue weighted by Crippen LogP contribution is 2.30. The number of amides is 1. The van der Waals surface area contributed by atoms with E-state index in [2.05, 4.69) is 4.90 Å². The highest BCUT2D eigenvalue weighted by Gasteiger charge is 2.35. The molecule has 1 atom stereocenters. The fourth-order valence-electron chi connectivity index (χ4n) is 4.13. The third-order valence-electron chi connectivity index (χ3n) is 5.92. The molecule has 2 fully saturated rings. The highest BCUT2D eigenvalue weighted by atomic mass is 32.2. The Bertz CT molecular complexity index is 1110. The third kappa shape index (κ3) is 4.15. The topological polar surface area (TPSA) is 107 Å². The number of hydrogen-bond acceptors (Lipinski definition) is 6. The van der Waals surface area contributed by atoms with E-state index in [1.165, 1.54) is 21.3 Å². The molecule has 10 heteroatoms. The van der Waals surface area contributed by atoms with Gasteiger partial charge in [-0.15, -0.1) is 0 Å². The van der Waals surface area contributed by atoms with Gasteiger partial charge in [0.15, 0.2) is 0 Å². The average Bonchev–Trinajstić information content (AvgIpc) is 3.21. The van der Waals surface area contributed by atoms with E-state index in [-0.39, 0.29) is 23.8 Å². The second kappa shape index (κ2) is 8.79. The van der Waals surface area contributed by atoms with E-state index in [0.717, 1.165) is 11.4 Å². The molecule has 0 aromatic heterocycles. The largest absolute Gasteiger partial charge is 0.495 e. The van der Waals surface area contributed by atoms with Gasteiger partial charge in [0.2, 0.25) is 15.9 Å². The molecule has 0 aliphatic carbocycles. The number of carboxylic acids is 1. The van der Waals surface area contributed by atoms with Gasteiger partial charge >= 0.3 is 5.97 Å². The molecule has 0 radical (unpaired) electrons. The van der Waals surface area contributed by atoms with Crippen LogP contribution >= 0.6 is 0 Å². The van der Waals surface area contributed by atoms with E-state index in [1.54, 1.807) is 19.2 Å². The molecule has 2 aliphatic heterocycles. The van der Waals surface area contributed by atoms with Gasteiger partial charge in [-0.2, -0.15) is 4.31 Å². The Kier molecular flexibility index (Phi) is 6.07. The molecule has 2 saturated heterocycles. The lowest BCUT2D eigenvalue weighted by molar-refractivity contribution is -0.141. The Morgan fingerprint density at radius 2 is 1.69 bits per heavy atom. The van der Waals surface area contributed by atoms with E-state index < -0.39 is 21.9 Å². The number of benzene rings is 2. The van der Waals surface area contributed by atoms with Crippen molar-refractivity contribution in [1.29, 1.82) is 0 Å². The van der Waals surface area contributed by atoms with Crippen LogP contribution in [0, 0.1) is 5.92 Å². The normalized spacial score (nSPS) is 19.9. The summed E-state index contributed by atoms with van der Waals surface area (Å²) < 4.78 is 33.1. The predicted molar refractivity (Wildman–Crippen MR) is 119 cm³/mol. The van der Waals surface area contributed by atoms with Crippen molar-refractivity contribution in [2.45, 2.75) is 11.3 Å². The maximum absolute atomic E-state index is 13.1. The number of piperazine rings is 1. The predicted octanol–water partition coefficient (Wildman–Crippen LogP) is 1.64. The van der Waals surface area contributed by atoms with E-state index in [9.17, 15) is 18.0 Å². The van der Waals surface area contributed by atoms with E-state index in [1.807, 2.05) is 24.3 Å². The van der Waals surface area contributed by atoms with Crippen molar-refractivity contribution in [3.05, 3.63) is 48.5 Å².